The average Bonchev–Trinajstić information content (AvgIpc) is 2.20. The van der Waals surface area contributed by atoms with Crippen molar-refractivity contribution in [2.75, 3.05) is 20.1 Å². The van der Waals surface area contributed by atoms with E-state index in [1.807, 2.05) is 7.05 Å². The van der Waals surface area contributed by atoms with E-state index in [0.717, 1.165) is 13.1 Å². The van der Waals surface area contributed by atoms with Crippen LogP contribution in [0.5, 0.6) is 0 Å². The van der Waals surface area contributed by atoms with Crippen molar-refractivity contribution in [3.63, 3.8) is 0 Å². The first-order valence-corrected chi connectivity index (χ1v) is 5.64. The molecule has 80 valence electrons. The van der Waals surface area contributed by atoms with Crippen LogP contribution < -0.4 is 10.6 Å². The predicted molar refractivity (Wildman–Crippen MR) is 60.2 cm³/mol. The maximum absolute atomic E-state index is 3.68. The van der Waals surface area contributed by atoms with E-state index < -0.39 is 0 Å². The third-order valence-corrected chi connectivity index (χ3v) is 3.13. The number of nitrogens with one attached hydrogen (secondary N) is 2. The first-order valence-electron chi connectivity index (χ1n) is 5.64. The van der Waals surface area contributed by atoms with Gasteiger partial charge >= 0.3 is 0 Å². The van der Waals surface area contributed by atoms with Gasteiger partial charge in [-0.3, -0.25) is 0 Å². The summed E-state index contributed by atoms with van der Waals surface area (Å²) in [6.07, 6.45) is 4.93. The summed E-state index contributed by atoms with van der Waals surface area (Å²) < 4.78 is 0. The highest BCUT2D eigenvalue weighted by Crippen LogP contribution is 2.18. The van der Waals surface area contributed by atoms with Gasteiger partial charge in [-0.15, -0.1) is 0 Å². The minimum Gasteiger partial charge on any atom is -0.320 e. The second-order valence-corrected chi connectivity index (χ2v) is 3.72. The fourth-order valence-corrected chi connectivity index (χ4v) is 1.74. The smallest absolute Gasteiger partial charge is 0.0173 e. The molecule has 0 aliphatic heterocycles. The zero-order chi connectivity index (χ0) is 10.2. The molecule has 0 amide bonds. The van der Waals surface area contributed by atoms with E-state index in [2.05, 4.69) is 31.4 Å². The van der Waals surface area contributed by atoms with E-state index in [1.165, 1.54) is 25.7 Å². The van der Waals surface area contributed by atoms with Crippen molar-refractivity contribution < 1.29 is 0 Å². The van der Waals surface area contributed by atoms with E-state index in [-0.39, 0.29) is 0 Å². The third kappa shape index (κ3) is 4.63. The molecule has 0 aromatic rings. The van der Waals surface area contributed by atoms with Gasteiger partial charge in [0.25, 0.3) is 0 Å². The number of hydrogen-bond acceptors (Lipinski definition) is 2. The summed E-state index contributed by atoms with van der Waals surface area (Å²) in [6, 6.07) is 0. The standard InChI is InChI=1S/C11H26N2/c1-5-11(6-2,7-3)13-10-8-9-12-4/h12-13H,5-10H2,1-4H3. The lowest BCUT2D eigenvalue weighted by Gasteiger charge is -2.32. The van der Waals surface area contributed by atoms with Crippen LogP contribution in [0.1, 0.15) is 46.5 Å². The molecule has 0 aromatic carbocycles. The monoisotopic (exact) mass is 186 g/mol. The first-order chi connectivity index (χ1) is 6.24. The maximum atomic E-state index is 3.68. The van der Waals surface area contributed by atoms with Crippen LogP contribution in [-0.2, 0) is 0 Å². The van der Waals surface area contributed by atoms with Gasteiger partial charge in [0, 0.05) is 5.54 Å². The van der Waals surface area contributed by atoms with Gasteiger partial charge in [-0.05, 0) is 45.8 Å². The number of rotatable bonds is 8. The first kappa shape index (κ1) is 12.9. The quantitative estimate of drug-likeness (QED) is 0.568. The molecule has 2 nitrogen and oxygen atoms in total. The molecule has 2 heteroatoms. The highest BCUT2D eigenvalue weighted by atomic mass is 15.0. The fraction of sp³-hybridized carbons (Fsp3) is 1.00. The highest BCUT2D eigenvalue weighted by Gasteiger charge is 2.21. The van der Waals surface area contributed by atoms with Gasteiger partial charge in [0.05, 0.1) is 0 Å². The van der Waals surface area contributed by atoms with Crippen molar-refractivity contribution in [2.24, 2.45) is 0 Å². The summed E-state index contributed by atoms with van der Waals surface area (Å²) in [7, 11) is 2.01. The minimum atomic E-state index is 0.397. The molecule has 0 rings (SSSR count). The average molecular weight is 186 g/mol. The van der Waals surface area contributed by atoms with Crippen molar-refractivity contribution in [3.8, 4) is 0 Å². The Morgan fingerprint density at radius 3 is 1.85 bits per heavy atom. The van der Waals surface area contributed by atoms with Gasteiger partial charge in [0.2, 0.25) is 0 Å². The van der Waals surface area contributed by atoms with Gasteiger partial charge in [-0.1, -0.05) is 20.8 Å². The van der Waals surface area contributed by atoms with Crippen molar-refractivity contribution in [1.29, 1.82) is 0 Å². The predicted octanol–water partition coefficient (Wildman–Crippen LogP) is 2.15. The van der Waals surface area contributed by atoms with Crippen molar-refractivity contribution in [2.45, 2.75) is 52.0 Å². The lowest BCUT2D eigenvalue weighted by Crippen LogP contribution is -2.44. The summed E-state index contributed by atoms with van der Waals surface area (Å²) in [4.78, 5) is 0. The molecule has 0 saturated carbocycles. The molecule has 13 heavy (non-hydrogen) atoms. The van der Waals surface area contributed by atoms with Crippen LogP contribution in [0.4, 0.5) is 0 Å². The fourth-order valence-electron chi connectivity index (χ4n) is 1.74. The summed E-state index contributed by atoms with van der Waals surface area (Å²) in [5.41, 5.74) is 0.397. The van der Waals surface area contributed by atoms with Crippen LogP contribution in [0.3, 0.4) is 0 Å². The summed E-state index contributed by atoms with van der Waals surface area (Å²) in [6.45, 7) is 9.07. The second kappa shape index (κ2) is 7.34. The lowest BCUT2D eigenvalue weighted by molar-refractivity contribution is 0.289. The van der Waals surface area contributed by atoms with Crippen molar-refractivity contribution >= 4 is 0 Å². The van der Waals surface area contributed by atoms with Crippen LogP contribution >= 0.6 is 0 Å². The van der Waals surface area contributed by atoms with Crippen LogP contribution in [-0.4, -0.2) is 25.7 Å². The lowest BCUT2D eigenvalue weighted by atomic mass is 9.90. The van der Waals surface area contributed by atoms with Crippen LogP contribution in [0.25, 0.3) is 0 Å². The van der Waals surface area contributed by atoms with E-state index in [4.69, 9.17) is 0 Å². The number of hydrogen-bond donors (Lipinski definition) is 2. The summed E-state index contributed by atoms with van der Waals surface area (Å²) >= 11 is 0. The third-order valence-electron chi connectivity index (χ3n) is 3.13. The Labute approximate surface area is 83.5 Å². The van der Waals surface area contributed by atoms with Crippen molar-refractivity contribution in [1.82, 2.24) is 10.6 Å². The van der Waals surface area contributed by atoms with E-state index in [1.54, 1.807) is 0 Å². The molecule has 0 bridgehead atoms. The van der Waals surface area contributed by atoms with E-state index in [0.29, 0.717) is 5.54 Å². The Morgan fingerprint density at radius 2 is 1.46 bits per heavy atom. The Morgan fingerprint density at radius 1 is 0.923 bits per heavy atom. The van der Waals surface area contributed by atoms with Gasteiger partial charge in [-0.25, -0.2) is 0 Å². The topological polar surface area (TPSA) is 24.1 Å². The molecule has 0 fully saturated rings. The van der Waals surface area contributed by atoms with Gasteiger partial charge in [0.1, 0.15) is 0 Å². The molecule has 0 heterocycles. The Hall–Kier alpha value is -0.0800. The van der Waals surface area contributed by atoms with Gasteiger partial charge < -0.3 is 10.6 Å². The van der Waals surface area contributed by atoms with Crippen LogP contribution in [0, 0.1) is 0 Å². The van der Waals surface area contributed by atoms with Gasteiger partial charge in [-0.2, -0.15) is 0 Å². The second-order valence-electron chi connectivity index (χ2n) is 3.72. The minimum absolute atomic E-state index is 0.397. The molecule has 0 aromatic heterocycles. The molecule has 0 aliphatic rings. The van der Waals surface area contributed by atoms with E-state index in [9.17, 15) is 0 Å². The van der Waals surface area contributed by atoms with Crippen molar-refractivity contribution in [3.05, 3.63) is 0 Å². The molecule has 0 aliphatic carbocycles. The van der Waals surface area contributed by atoms with Crippen LogP contribution in [0.15, 0.2) is 0 Å². The highest BCUT2D eigenvalue weighted by molar-refractivity contribution is 4.83. The maximum Gasteiger partial charge on any atom is 0.0173 e. The molecule has 0 saturated heterocycles. The molecule has 0 atom stereocenters. The van der Waals surface area contributed by atoms with Gasteiger partial charge in [0.15, 0.2) is 0 Å². The SMILES string of the molecule is CCC(CC)(CC)NCCCNC. The summed E-state index contributed by atoms with van der Waals surface area (Å²) in [5, 5.41) is 6.85. The largest absolute Gasteiger partial charge is 0.320 e. The Kier molecular flexibility index (Phi) is 7.29. The zero-order valence-electron chi connectivity index (χ0n) is 9.74. The molecule has 0 radical (unpaired) electrons. The molecule has 0 spiro atoms. The normalized spacial score (nSPS) is 12.0. The molecule has 2 N–H and O–H groups in total. The Bertz CT molecular complexity index is 100. The molecule has 0 unspecified atom stereocenters. The van der Waals surface area contributed by atoms with Crippen LogP contribution in [0.2, 0.25) is 0 Å². The van der Waals surface area contributed by atoms with E-state index >= 15 is 0 Å². The Balaban J connectivity index is 3.68. The molecular formula is C11H26N2. The zero-order valence-corrected chi connectivity index (χ0v) is 9.74. The molecular weight excluding hydrogens is 160 g/mol. The summed E-state index contributed by atoms with van der Waals surface area (Å²) in [5.74, 6) is 0.